The first-order valence-corrected chi connectivity index (χ1v) is 9.91. The summed E-state index contributed by atoms with van der Waals surface area (Å²) in [7, 11) is 0. The van der Waals surface area contributed by atoms with E-state index < -0.39 is 17.6 Å². The number of aromatic nitrogens is 1. The number of fused-ring (bicyclic) bond motifs is 1. The molecule has 0 bridgehead atoms. The summed E-state index contributed by atoms with van der Waals surface area (Å²) < 4.78 is 0.832. The Kier molecular flexibility index (Phi) is 4.72. The van der Waals surface area contributed by atoms with Crippen LogP contribution in [-0.4, -0.2) is 34.6 Å². The Balaban J connectivity index is 2.09. The van der Waals surface area contributed by atoms with Crippen molar-refractivity contribution in [2.24, 2.45) is 0 Å². The average molecular weight is 442 g/mol. The maximum Gasteiger partial charge on any atom is 0.253 e. The Hall–Kier alpha value is -2.64. The van der Waals surface area contributed by atoms with Crippen molar-refractivity contribution < 1.29 is 14.7 Å². The van der Waals surface area contributed by atoms with Crippen LogP contribution in [0, 0.1) is 0 Å². The molecule has 2 atom stereocenters. The standard InChI is InChI=1S/C21H20BrN3O3/c1-2-16(27)25-21(15(26)11-23-20(21)28)17-13-9-6-10-14(22)19(13)24-18(17)12-7-4-3-5-8-12/h3-10,15,24,26H,2,11H2,1H3,(H,23,28)(H,25,27)/t15-,21-/m1/s1. The van der Waals surface area contributed by atoms with Gasteiger partial charge in [-0.05, 0) is 27.6 Å². The van der Waals surface area contributed by atoms with Gasteiger partial charge in [0.05, 0.1) is 11.2 Å². The van der Waals surface area contributed by atoms with Crippen LogP contribution in [0.15, 0.2) is 53.0 Å². The van der Waals surface area contributed by atoms with Crippen LogP contribution in [-0.2, 0) is 15.1 Å². The monoisotopic (exact) mass is 441 g/mol. The molecular formula is C21H20BrN3O3. The van der Waals surface area contributed by atoms with Gasteiger partial charge in [-0.15, -0.1) is 0 Å². The minimum atomic E-state index is -1.57. The van der Waals surface area contributed by atoms with Crippen LogP contribution in [0.1, 0.15) is 18.9 Å². The van der Waals surface area contributed by atoms with E-state index in [9.17, 15) is 14.7 Å². The third-order valence-corrected chi connectivity index (χ3v) is 5.87. The Labute approximate surface area is 170 Å². The molecule has 7 heteroatoms. The Morgan fingerprint density at radius 2 is 2.00 bits per heavy atom. The van der Waals surface area contributed by atoms with Crippen molar-refractivity contribution in [3.05, 3.63) is 58.6 Å². The average Bonchev–Trinajstić information content (AvgIpc) is 3.23. The van der Waals surface area contributed by atoms with Gasteiger partial charge in [-0.1, -0.05) is 49.4 Å². The van der Waals surface area contributed by atoms with Gasteiger partial charge in [0.2, 0.25) is 5.91 Å². The highest BCUT2D eigenvalue weighted by molar-refractivity contribution is 9.10. The van der Waals surface area contributed by atoms with Crippen LogP contribution in [0.5, 0.6) is 0 Å². The fourth-order valence-electron chi connectivity index (χ4n) is 3.84. The molecule has 0 saturated carbocycles. The Morgan fingerprint density at radius 1 is 1.25 bits per heavy atom. The zero-order chi connectivity index (χ0) is 19.9. The largest absolute Gasteiger partial charge is 0.388 e. The van der Waals surface area contributed by atoms with E-state index in [0.29, 0.717) is 11.3 Å². The van der Waals surface area contributed by atoms with Crippen LogP contribution in [0.2, 0.25) is 0 Å². The van der Waals surface area contributed by atoms with Crippen LogP contribution < -0.4 is 10.6 Å². The number of hydrogen-bond donors (Lipinski definition) is 4. The van der Waals surface area contributed by atoms with Gasteiger partial charge >= 0.3 is 0 Å². The van der Waals surface area contributed by atoms with Gasteiger partial charge < -0.3 is 20.7 Å². The summed E-state index contributed by atoms with van der Waals surface area (Å²) >= 11 is 3.56. The third-order valence-electron chi connectivity index (χ3n) is 5.21. The van der Waals surface area contributed by atoms with Gasteiger partial charge in [-0.3, -0.25) is 9.59 Å². The fraction of sp³-hybridized carbons (Fsp3) is 0.238. The quantitative estimate of drug-likeness (QED) is 0.501. The SMILES string of the molecule is CCC(=O)N[C@]1(c2c(-c3ccccc3)[nH]c3c(Br)cccc23)C(=O)NC[C@H]1O. The lowest BCUT2D eigenvalue weighted by Crippen LogP contribution is -2.56. The summed E-state index contributed by atoms with van der Waals surface area (Å²) in [6.45, 7) is 1.78. The highest BCUT2D eigenvalue weighted by Gasteiger charge is 2.54. The fourth-order valence-corrected chi connectivity index (χ4v) is 4.30. The normalized spacial score (nSPS) is 21.7. The molecule has 0 unspecified atom stereocenters. The first kappa shape index (κ1) is 18.7. The summed E-state index contributed by atoms with van der Waals surface area (Å²) in [5, 5.41) is 17.2. The summed E-state index contributed by atoms with van der Waals surface area (Å²) in [6, 6.07) is 15.2. The molecule has 1 fully saturated rings. The van der Waals surface area contributed by atoms with Gasteiger partial charge in [0, 0.05) is 28.4 Å². The van der Waals surface area contributed by atoms with Gasteiger partial charge in [-0.2, -0.15) is 0 Å². The molecule has 6 nitrogen and oxygen atoms in total. The van der Waals surface area contributed by atoms with E-state index in [1.165, 1.54) is 0 Å². The van der Waals surface area contributed by atoms with E-state index in [1.54, 1.807) is 6.92 Å². The number of carbonyl (C=O) groups excluding carboxylic acids is 2. The van der Waals surface area contributed by atoms with Crippen molar-refractivity contribution in [3.63, 3.8) is 0 Å². The Bertz CT molecular complexity index is 1060. The number of aliphatic hydroxyl groups excluding tert-OH is 1. The third kappa shape index (κ3) is 2.73. The number of H-pyrrole nitrogens is 1. The molecule has 4 rings (SSSR count). The molecule has 4 N–H and O–H groups in total. The van der Waals surface area contributed by atoms with E-state index >= 15 is 0 Å². The second-order valence-corrected chi connectivity index (χ2v) is 7.69. The van der Waals surface area contributed by atoms with Crippen LogP contribution in [0.4, 0.5) is 0 Å². The molecule has 0 spiro atoms. The van der Waals surface area contributed by atoms with E-state index in [0.717, 1.165) is 20.9 Å². The molecule has 1 aromatic heterocycles. The highest BCUT2D eigenvalue weighted by atomic mass is 79.9. The smallest absolute Gasteiger partial charge is 0.253 e. The Morgan fingerprint density at radius 3 is 2.64 bits per heavy atom. The van der Waals surface area contributed by atoms with Crippen molar-refractivity contribution in [2.75, 3.05) is 6.54 Å². The number of amides is 2. The van der Waals surface area contributed by atoms with Gasteiger partial charge in [0.15, 0.2) is 5.54 Å². The molecule has 3 aromatic rings. The second kappa shape index (κ2) is 7.07. The molecule has 0 aliphatic carbocycles. The summed E-state index contributed by atoms with van der Waals surface area (Å²) in [5.74, 6) is -0.723. The number of hydrogen-bond acceptors (Lipinski definition) is 3. The van der Waals surface area contributed by atoms with E-state index in [-0.39, 0.29) is 18.9 Å². The van der Waals surface area contributed by atoms with E-state index in [4.69, 9.17) is 0 Å². The van der Waals surface area contributed by atoms with Crippen molar-refractivity contribution in [1.82, 2.24) is 15.6 Å². The highest BCUT2D eigenvalue weighted by Crippen LogP contribution is 2.43. The minimum absolute atomic E-state index is 0.0672. The molecule has 1 saturated heterocycles. The maximum absolute atomic E-state index is 13.1. The summed E-state index contributed by atoms with van der Waals surface area (Å²) in [5.41, 5.74) is 1.34. The molecule has 0 radical (unpaired) electrons. The van der Waals surface area contributed by atoms with E-state index in [2.05, 4.69) is 31.5 Å². The van der Waals surface area contributed by atoms with Crippen LogP contribution in [0.25, 0.3) is 22.2 Å². The molecule has 2 heterocycles. The zero-order valence-corrected chi connectivity index (χ0v) is 16.8. The van der Waals surface area contributed by atoms with Crippen molar-refractivity contribution in [1.29, 1.82) is 0 Å². The van der Waals surface area contributed by atoms with Gasteiger partial charge in [0.25, 0.3) is 5.91 Å². The van der Waals surface area contributed by atoms with Crippen LogP contribution >= 0.6 is 15.9 Å². The zero-order valence-electron chi connectivity index (χ0n) is 15.3. The maximum atomic E-state index is 13.1. The molecule has 2 aromatic carbocycles. The van der Waals surface area contributed by atoms with Crippen molar-refractivity contribution in [3.8, 4) is 11.3 Å². The number of halogens is 1. The van der Waals surface area contributed by atoms with E-state index in [1.807, 2.05) is 48.5 Å². The predicted octanol–water partition coefficient (Wildman–Crippen LogP) is 2.81. The van der Waals surface area contributed by atoms with Gasteiger partial charge in [0.1, 0.15) is 6.10 Å². The molecule has 28 heavy (non-hydrogen) atoms. The minimum Gasteiger partial charge on any atom is -0.388 e. The molecule has 1 aliphatic heterocycles. The molecule has 1 aliphatic rings. The lowest BCUT2D eigenvalue weighted by atomic mass is 9.82. The lowest BCUT2D eigenvalue weighted by molar-refractivity contribution is -0.134. The number of aromatic amines is 1. The first-order chi connectivity index (χ1) is 13.5. The molecular weight excluding hydrogens is 422 g/mol. The molecule has 2 amide bonds. The number of nitrogens with one attached hydrogen (secondary N) is 3. The van der Waals surface area contributed by atoms with Crippen molar-refractivity contribution in [2.45, 2.75) is 25.0 Å². The van der Waals surface area contributed by atoms with Gasteiger partial charge in [-0.25, -0.2) is 0 Å². The number of rotatable bonds is 4. The lowest BCUT2D eigenvalue weighted by Gasteiger charge is -2.32. The topological polar surface area (TPSA) is 94.2 Å². The number of benzene rings is 2. The molecule has 144 valence electrons. The van der Waals surface area contributed by atoms with Crippen molar-refractivity contribution >= 4 is 38.6 Å². The number of β-amino-alcohol motifs (C(OH)–C–C–N with tert-alkyl or cyclic N) is 1. The number of carbonyl (C=O) groups is 2. The number of para-hydroxylation sites is 1. The first-order valence-electron chi connectivity index (χ1n) is 9.12. The summed E-state index contributed by atoms with van der Waals surface area (Å²) in [6.07, 6.45) is -0.898. The number of aliphatic hydroxyl groups is 1. The predicted molar refractivity (Wildman–Crippen MR) is 111 cm³/mol. The second-order valence-electron chi connectivity index (χ2n) is 6.84. The summed E-state index contributed by atoms with van der Waals surface area (Å²) in [4.78, 5) is 28.8. The van der Waals surface area contributed by atoms with Crippen LogP contribution in [0.3, 0.4) is 0 Å².